The molecule has 1 amide bonds. The van der Waals surface area contributed by atoms with Gasteiger partial charge in [-0.15, -0.1) is 0 Å². The van der Waals surface area contributed by atoms with E-state index in [1.54, 1.807) is 24.3 Å². The number of carboxylic acids is 1. The Balaban J connectivity index is 2.00. The van der Waals surface area contributed by atoms with Crippen molar-refractivity contribution in [1.29, 1.82) is 5.26 Å². The molecule has 122 valence electrons. The SMILES string of the molecule is CN(C(=O)COc1ccc(C#N)cc1)C1(C(=O)O)CCCCC1. The van der Waals surface area contributed by atoms with E-state index in [9.17, 15) is 14.7 Å². The number of hydrogen-bond donors (Lipinski definition) is 1. The zero-order chi connectivity index (χ0) is 16.9. The zero-order valence-electron chi connectivity index (χ0n) is 13.1. The van der Waals surface area contributed by atoms with E-state index in [0.29, 0.717) is 24.2 Å². The second-order valence-electron chi connectivity index (χ2n) is 5.78. The van der Waals surface area contributed by atoms with Gasteiger partial charge in [0.2, 0.25) is 0 Å². The number of likely N-dealkylation sites (N-methyl/N-ethyl adjacent to an activating group) is 1. The second kappa shape index (κ2) is 7.14. The molecule has 6 heteroatoms. The Labute approximate surface area is 135 Å². The van der Waals surface area contributed by atoms with E-state index in [4.69, 9.17) is 10.00 Å². The van der Waals surface area contributed by atoms with Gasteiger partial charge in [-0.1, -0.05) is 19.3 Å². The van der Waals surface area contributed by atoms with E-state index in [2.05, 4.69) is 0 Å². The predicted molar refractivity (Wildman–Crippen MR) is 82.9 cm³/mol. The summed E-state index contributed by atoms with van der Waals surface area (Å²) in [6.07, 6.45) is 3.56. The third-order valence-electron chi connectivity index (χ3n) is 4.44. The van der Waals surface area contributed by atoms with E-state index in [1.165, 1.54) is 11.9 Å². The van der Waals surface area contributed by atoms with E-state index in [0.717, 1.165) is 19.3 Å². The Morgan fingerprint density at radius 3 is 2.39 bits per heavy atom. The molecule has 6 nitrogen and oxygen atoms in total. The van der Waals surface area contributed by atoms with Crippen LogP contribution in [0.3, 0.4) is 0 Å². The molecule has 0 aromatic heterocycles. The lowest BCUT2D eigenvalue weighted by Gasteiger charge is -2.40. The van der Waals surface area contributed by atoms with Crippen molar-refractivity contribution in [2.45, 2.75) is 37.6 Å². The summed E-state index contributed by atoms with van der Waals surface area (Å²) in [4.78, 5) is 25.4. The van der Waals surface area contributed by atoms with Gasteiger partial charge < -0.3 is 14.7 Å². The lowest BCUT2D eigenvalue weighted by molar-refractivity contribution is -0.161. The molecule has 1 aromatic carbocycles. The average Bonchev–Trinajstić information content (AvgIpc) is 2.59. The van der Waals surface area contributed by atoms with Crippen LogP contribution >= 0.6 is 0 Å². The highest BCUT2D eigenvalue weighted by Gasteiger charge is 2.45. The number of nitrogens with zero attached hydrogens (tertiary/aromatic N) is 2. The van der Waals surface area contributed by atoms with Gasteiger partial charge in [0.15, 0.2) is 6.61 Å². The molecule has 1 fully saturated rings. The van der Waals surface area contributed by atoms with Crippen molar-refractivity contribution in [1.82, 2.24) is 4.90 Å². The Kier molecular flexibility index (Phi) is 5.22. The smallest absolute Gasteiger partial charge is 0.329 e. The third-order valence-corrected chi connectivity index (χ3v) is 4.44. The van der Waals surface area contributed by atoms with Gasteiger partial charge in [-0.05, 0) is 37.1 Å². The van der Waals surface area contributed by atoms with E-state index in [-0.39, 0.29) is 12.5 Å². The maximum Gasteiger partial charge on any atom is 0.329 e. The summed E-state index contributed by atoms with van der Waals surface area (Å²) in [5.74, 6) is -0.844. The number of hydrogen-bond acceptors (Lipinski definition) is 4. The summed E-state index contributed by atoms with van der Waals surface area (Å²) in [5.41, 5.74) is -0.614. The Bertz CT molecular complexity index is 612. The lowest BCUT2D eigenvalue weighted by atomic mass is 9.80. The molecule has 0 unspecified atom stereocenters. The molecule has 0 spiro atoms. The van der Waals surface area contributed by atoms with Crippen LogP contribution in [0.5, 0.6) is 5.75 Å². The number of ether oxygens (including phenoxy) is 1. The van der Waals surface area contributed by atoms with Gasteiger partial charge in [-0.25, -0.2) is 4.79 Å². The van der Waals surface area contributed by atoms with Gasteiger partial charge in [-0.3, -0.25) is 4.79 Å². The van der Waals surface area contributed by atoms with Crippen LogP contribution in [-0.2, 0) is 9.59 Å². The van der Waals surface area contributed by atoms with Crippen molar-refractivity contribution in [2.75, 3.05) is 13.7 Å². The highest BCUT2D eigenvalue weighted by atomic mass is 16.5. The van der Waals surface area contributed by atoms with Crippen LogP contribution in [0.25, 0.3) is 0 Å². The van der Waals surface area contributed by atoms with Crippen LogP contribution in [0, 0.1) is 11.3 Å². The number of aliphatic carboxylic acids is 1. The van der Waals surface area contributed by atoms with Crippen molar-refractivity contribution in [3.8, 4) is 11.8 Å². The number of carbonyl (C=O) groups is 2. The molecule has 2 rings (SSSR count). The molecule has 0 radical (unpaired) electrons. The molecular formula is C17H20N2O4. The fourth-order valence-corrected chi connectivity index (χ4v) is 2.94. The number of rotatable bonds is 5. The Hall–Kier alpha value is -2.55. The van der Waals surface area contributed by atoms with Gasteiger partial charge in [-0.2, -0.15) is 5.26 Å². The molecule has 0 saturated heterocycles. The molecule has 0 heterocycles. The third kappa shape index (κ3) is 3.62. The molecular weight excluding hydrogens is 296 g/mol. The fraction of sp³-hybridized carbons (Fsp3) is 0.471. The summed E-state index contributed by atoms with van der Waals surface area (Å²) in [6, 6.07) is 8.42. The van der Waals surface area contributed by atoms with Crippen LogP contribution < -0.4 is 4.74 Å². The molecule has 23 heavy (non-hydrogen) atoms. The first kappa shape index (κ1) is 16.8. The largest absolute Gasteiger partial charge is 0.484 e. The first-order chi connectivity index (χ1) is 11.0. The van der Waals surface area contributed by atoms with Crippen LogP contribution in [0.4, 0.5) is 0 Å². The number of carbonyl (C=O) groups excluding carboxylic acids is 1. The maximum atomic E-state index is 12.3. The molecule has 1 saturated carbocycles. The quantitative estimate of drug-likeness (QED) is 0.899. The zero-order valence-corrected chi connectivity index (χ0v) is 13.1. The highest BCUT2D eigenvalue weighted by molar-refractivity contribution is 5.87. The van der Waals surface area contributed by atoms with Gasteiger partial charge in [0.25, 0.3) is 5.91 Å². The topological polar surface area (TPSA) is 90.6 Å². The molecule has 1 aliphatic carbocycles. The van der Waals surface area contributed by atoms with E-state index < -0.39 is 11.5 Å². The fourth-order valence-electron chi connectivity index (χ4n) is 2.94. The second-order valence-corrected chi connectivity index (χ2v) is 5.78. The van der Waals surface area contributed by atoms with Crippen LogP contribution in [0.2, 0.25) is 0 Å². The minimum Gasteiger partial charge on any atom is -0.484 e. The normalized spacial score (nSPS) is 16.2. The number of carboxylic acid groups (broad SMARTS) is 1. The van der Waals surface area contributed by atoms with Gasteiger partial charge >= 0.3 is 5.97 Å². The maximum absolute atomic E-state index is 12.3. The summed E-state index contributed by atoms with van der Waals surface area (Å²) >= 11 is 0. The van der Waals surface area contributed by atoms with Crippen molar-refractivity contribution < 1.29 is 19.4 Å². The Morgan fingerprint density at radius 2 is 1.87 bits per heavy atom. The first-order valence-electron chi connectivity index (χ1n) is 7.62. The molecule has 1 aliphatic rings. The number of amides is 1. The summed E-state index contributed by atoms with van der Waals surface area (Å²) in [5, 5.41) is 18.3. The summed E-state index contributed by atoms with van der Waals surface area (Å²) in [7, 11) is 1.53. The van der Waals surface area contributed by atoms with Gasteiger partial charge in [0, 0.05) is 7.05 Å². The summed E-state index contributed by atoms with van der Waals surface area (Å²) in [6.45, 7) is -0.225. The van der Waals surface area contributed by atoms with E-state index >= 15 is 0 Å². The van der Waals surface area contributed by atoms with Crippen molar-refractivity contribution in [2.24, 2.45) is 0 Å². The first-order valence-corrected chi connectivity index (χ1v) is 7.62. The number of benzene rings is 1. The lowest BCUT2D eigenvalue weighted by Crippen LogP contribution is -2.57. The van der Waals surface area contributed by atoms with Crippen LogP contribution in [0.15, 0.2) is 24.3 Å². The van der Waals surface area contributed by atoms with Gasteiger partial charge in [0.1, 0.15) is 11.3 Å². The van der Waals surface area contributed by atoms with Crippen molar-refractivity contribution in [3.63, 3.8) is 0 Å². The number of nitriles is 1. The predicted octanol–water partition coefficient (Wildman–Crippen LogP) is 2.18. The molecule has 0 aliphatic heterocycles. The molecule has 0 atom stereocenters. The minimum atomic E-state index is -1.12. The minimum absolute atomic E-state index is 0.225. The van der Waals surface area contributed by atoms with E-state index in [1.807, 2.05) is 6.07 Å². The molecule has 1 aromatic rings. The highest BCUT2D eigenvalue weighted by Crippen LogP contribution is 2.33. The molecule has 1 N–H and O–H groups in total. The summed E-state index contributed by atoms with van der Waals surface area (Å²) < 4.78 is 5.41. The van der Waals surface area contributed by atoms with Crippen LogP contribution in [0.1, 0.15) is 37.7 Å². The van der Waals surface area contributed by atoms with Gasteiger partial charge in [0.05, 0.1) is 11.6 Å². The Morgan fingerprint density at radius 1 is 1.26 bits per heavy atom. The standard InChI is InChI=1S/C17H20N2O4/c1-19(17(16(21)22)9-3-2-4-10-17)15(20)12-23-14-7-5-13(11-18)6-8-14/h5-8H,2-4,9-10,12H2,1H3,(H,21,22). The van der Waals surface area contributed by atoms with Crippen molar-refractivity contribution in [3.05, 3.63) is 29.8 Å². The van der Waals surface area contributed by atoms with Crippen LogP contribution in [-0.4, -0.2) is 41.1 Å². The molecule has 0 bridgehead atoms. The average molecular weight is 316 g/mol. The van der Waals surface area contributed by atoms with Crippen molar-refractivity contribution >= 4 is 11.9 Å². The monoisotopic (exact) mass is 316 g/mol.